The van der Waals surface area contributed by atoms with Crippen LogP contribution < -0.4 is 5.32 Å². The van der Waals surface area contributed by atoms with Gasteiger partial charge in [-0.25, -0.2) is 4.79 Å². The lowest BCUT2D eigenvalue weighted by molar-refractivity contribution is -0.142. The van der Waals surface area contributed by atoms with Gasteiger partial charge >= 0.3 is 12.1 Å². The van der Waals surface area contributed by atoms with Crippen LogP contribution in [0.25, 0.3) is 0 Å². The number of carbonyl (C=O) groups is 2. The molecule has 1 amide bonds. The molecule has 1 heterocycles. The van der Waals surface area contributed by atoms with Gasteiger partial charge in [0.05, 0.1) is 7.11 Å². The van der Waals surface area contributed by atoms with E-state index in [1.54, 1.807) is 11.8 Å². The van der Waals surface area contributed by atoms with Crippen molar-refractivity contribution in [2.24, 2.45) is 0 Å². The second kappa shape index (κ2) is 6.23. The molecule has 2 atom stereocenters. The minimum absolute atomic E-state index is 0.0987. The molecule has 110 valence electrons. The average Bonchev–Trinajstić information content (AvgIpc) is 2.74. The number of nitrogens with one attached hydrogen (secondary N) is 1. The smallest absolute Gasteiger partial charge is 0.410 e. The van der Waals surface area contributed by atoms with Crippen LogP contribution in [0.5, 0.6) is 0 Å². The zero-order chi connectivity index (χ0) is 14.6. The van der Waals surface area contributed by atoms with E-state index in [4.69, 9.17) is 4.74 Å². The van der Waals surface area contributed by atoms with Gasteiger partial charge in [-0.1, -0.05) is 0 Å². The van der Waals surface area contributed by atoms with Crippen LogP contribution in [0.3, 0.4) is 0 Å². The number of hydrogen-bond acceptors (Lipinski definition) is 5. The van der Waals surface area contributed by atoms with Gasteiger partial charge < -0.3 is 14.4 Å². The maximum Gasteiger partial charge on any atom is 0.410 e. The highest BCUT2D eigenvalue weighted by Crippen LogP contribution is 2.15. The molecular formula is C13H24N2O4. The van der Waals surface area contributed by atoms with Crippen molar-refractivity contribution in [3.8, 4) is 0 Å². The predicted octanol–water partition coefficient (Wildman–Crippen LogP) is 1.15. The largest absolute Gasteiger partial charge is 0.468 e. The second-order valence-corrected chi connectivity index (χ2v) is 5.82. The number of carbonyl (C=O) groups excluding carboxylic acids is 2. The average molecular weight is 272 g/mol. The summed E-state index contributed by atoms with van der Waals surface area (Å²) >= 11 is 0. The number of nitrogens with zero attached hydrogens (tertiary/aromatic N) is 1. The third kappa shape index (κ3) is 5.06. The Bertz CT molecular complexity index is 338. The van der Waals surface area contributed by atoms with Gasteiger partial charge in [-0.2, -0.15) is 0 Å². The molecule has 1 rings (SSSR count). The Balaban J connectivity index is 2.41. The van der Waals surface area contributed by atoms with Gasteiger partial charge in [0.2, 0.25) is 0 Å². The molecule has 0 aromatic rings. The molecule has 0 bridgehead atoms. The predicted molar refractivity (Wildman–Crippen MR) is 70.8 cm³/mol. The zero-order valence-electron chi connectivity index (χ0n) is 12.4. The van der Waals surface area contributed by atoms with Crippen LogP contribution in [-0.4, -0.2) is 54.8 Å². The lowest BCUT2D eigenvalue weighted by Crippen LogP contribution is -2.44. The third-order valence-corrected chi connectivity index (χ3v) is 2.88. The molecular weight excluding hydrogens is 248 g/mol. The maximum absolute atomic E-state index is 11.9. The van der Waals surface area contributed by atoms with Gasteiger partial charge in [0.1, 0.15) is 11.6 Å². The van der Waals surface area contributed by atoms with Crippen LogP contribution in [0.4, 0.5) is 4.79 Å². The van der Waals surface area contributed by atoms with Crippen LogP contribution in [-0.2, 0) is 14.3 Å². The summed E-state index contributed by atoms with van der Waals surface area (Å²) in [5, 5.41) is 3.15. The monoisotopic (exact) mass is 272 g/mol. The van der Waals surface area contributed by atoms with Crippen molar-refractivity contribution >= 4 is 12.1 Å². The Hall–Kier alpha value is -1.30. The van der Waals surface area contributed by atoms with Crippen molar-refractivity contribution < 1.29 is 19.1 Å². The van der Waals surface area contributed by atoms with E-state index in [1.165, 1.54) is 7.11 Å². The van der Waals surface area contributed by atoms with Gasteiger partial charge in [-0.3, -0.25) is 10.1 Å². The van der Waals surface area contributed by atoms with Crippen molar-refractivity contribution in [3.05, 3.63) is 0 Å². The summed E-state index contributed by atoms with van der Waals surface area (Å²) in [4.78, 5) is 24.8. The number of hydrogen-bond donors (Lipinski definition) is 1. The molecule has 0 spiro atoms. The molecule has 1 aliphatic heterocycles. The van der Waals surface area contributed by atoms with Crippen LogP contribution >= 0.6 is 0 Å². The summed E-state index contributed by atoms with van der Waals surface area (Å²) in [6.07, 6.45) is 0.503. The van der Waals surface area contributed by atoms with E-state index in [0.29, 0.717) is 13.1 Å². The van der Waals surface area contributed by atoms with E-state index < -0.39 is 5.60 Å². The Morgan fingerprint density at radius 2 is 2.00 bits per heavy atom. The minimum Gasteiger partial charge on any atom is -0.468 e. The van der Waals surface area contributed by atoms with E-state index in [9.17, 15) is 9.59 Å². The van der Waals surface area contributed by atoms with Crippen LogP contribution in [0.1, 0.15) is 34.1 Å². The highest BCUT2D eigenvalue weighted by atomic mass is 16.6. The summed E-state index contributed by atoms with van der Waals surface area (Å²) < 4.78 is 9.97. The molecule has 1 saturated heterocycles. The van der Waals surface area contributed by atoms with Crippen LogP contribution in [0.15, 0.2) is 0 Å². The molecule has 0 aromatic heterocycles. The lowest BCUT2D eigenvalue weighted by Gasteiger charge is -2.24. The molecule has 19 heavy (non-hydrogen) atoms. The Morgan fingerprint density at radius 1 is 1.37 bits per heavy atom. The van der Waals surface area contributed by atoms with Crippen LogP contribution in [0, 0.1) is 0 Å². The molecule has 6 nitrogen and oxygen atoms in total. The lowest BCUT2D eigenvalue weighted by atomic mass is 10.2. The van der Waals surface area contributed by atoms with E-state index in [0.717, 1.165) is 6.42 Å². The van der Waals surface area contributed by atoms with Crippen molar-refractivity contribution in [1.82, 2.24) is 10.2 Å². The van der Waals surface area contributed by atoms with Crippen LogP contribution in [0.2, 0.25) is 0 Å². The molecule has 1 N–H and O–H groups in total. The van der Waals surface area contributed by atoms with Crippen molar-refractivity contribution in [2.45, 2.75) is 51.8 Å². The fourth-order valence-corrected chi connectivity index (χ4v) is 1.99. The molecule has 0 aliphatic carbocycles. The fourth-order valence-electron chi connectivity index (χ4n) is 1.99. The molecule has 1 aliphatic rings. The third-order valence-electron chi connectivity index (χ3n) is 2.88. The summed E-state index contributed by atoms with van der Waals surface area (Å²) in [7, 11) is 1.36. The Labute approximate surface area is 114 Å². The highest BCUT2D eigenvalue weighted by Gasteiger charge is 2.31. The normalized spacial score (nSPS) is 21.1. The molecule has 6 heteroatoms. The van der Waals surface area contributed by atoms with Crippen molar-refractivity contribution in [3.63, 3.8) is 0 Å². The number of ether oxygens (including phenoxy) is 2. The van der Waals surface area contributed by atoms with E-state index in [-0.39, 0.29) is 24.1 Å². The minimum atomic E-state index is -0.484. The van der Waals surface area contributed by atoms with E-state index in [2.05, 4.69) is 10.1 Å². The van der Waals surface area contributed by atoms with Gasteiger partial charge in [0, 0.05) is 19.1 Å². The number of esters is 1. The van der Waals surface area contributed by atoms with E-state index in [1.807, 2.05) is 20.8 Å². The van der Waals surface area contributed by atoms with Gasteiger partial charge in [-0.05, 0) is 34.1 Å². The number of methoxy groups -OCH3 is 1. The van der Waals surface area contributed by atoms with Crippen molar-refractivity contribution in [2.75, 3.05) is 20.2 Å². The van der Waals surface area contributed by atoms with Gasteiger partial charge in [-0.15, -0.1) is 0 Å². The summed E-state index contributed by atoms with van der Waals surface area (Å²) in [6.45, 7) is 8.47. The Kier molecular flexibility index (Phi) is 5.17. The first kappa shape index (κ1) is 15.8. The zero-order valence-corrected chi connectivity index (χ0v) is 12.4. The number of amides is 1. The fraction of sp³-hybridized carbons (Fsp3) is 0.846. The Morgan fingerprint density at radius 3 is 2.53 bits per heavy atom. The van der Waals surface area contributed by atoms with E-state index >= 15 is 0 Å². The molecule has 0 aromatic carbocycles. The standard InChI is InChI=1S/C13H24N2O4/c1-9(11(16)18-5)14-10-6-7-15(8-10)12(17)19-13(2,3)4/h9-10,14H,6-8H2,1-5H3. The summed E-state index contributed by atoms with van der Waals surface area (Å²) in [5.74, 6) is -0.296. The first-order valence-corrected chi connectivity index (χ1v) is 6.54. The first-order chi connectivity index (χ1) is 8.73. The maximum atomic E-state index is 11.9. The summed E-state index contributed by atoms with van der Waals surface area (Å²) in [5.41, 5.74) is -0.484. The second-order valence-electron chi connectivity index (χ2n) is 5.82. The quantitative estimate of drug-likeness (QED) is 0.781. The SMILES string of the molecule is COC(=O)C(C)NC1CCN(C(=O)OC(C)(C)C)C1. The molecule has 0 saturated carbocycles. The van der Waals surface area contributed by atoms with Gasteiger partial charge in [0.15, 0.2) is 0 Å². The number of likely N-dealkylation sites (tertiary alicyclic amines) is 1. The number of rotatable bonds is 3. The summed E-state index contributed by atoms with van der Waals surface area (Å²) in [6, 6.07) is -0.268. The topological polar surface area (TPSA) is 67.9 Å². The first-order valence-electron chi connectivity index (χ1n) is 6.54. The molecule has 0 radical (unpaired) electrons. The molecule has 1 fully saturated rings. The van der Waals surface area contributed by atoms with Crippen molar-refractivity contribution in [1.29, 1.82) is 0 Å². The molecule has 2 unspecified atom stereocenters. The van der Waals surface area contributed by atoms with Gasteiger partial charge in [0.25, 0.3) is 0 Å². The highest BCUT2D eigenvalue weighted by molar-refractivity contribution is 5.75.